The Labute approximate surface area is 168 Å². The van der Waals surface area contributed by atoms with Crippen LogP contribution in [0.15, 0.2) is 29.3 Å². The Morgan fingerprint density at radius 2 is 1.89 bits per heavy atom. The maximum absolute atomic E-state index is 13.0. The van der Waals surface area contributed by atoms with E-state index in [9.17, 15) is 14.4 Å². The SMILES string of the molecule is CCC(=NCCN1CCOCC1)C1C(=O)NC(=O)N(c2ccc(Cl)cc2)C1=O. The van der Waals surface area contributed by atoms with Crippen molar-refractivity contribution >= 4 is 40.8 Å². The molecule has 0 saturated carbocycles. The molecule has 1 aromatic carbocycles. The lowest BCUT2D eigenvalue weighted by Crippen LogP contribution is -2.60. The molecule has 1 unspecified atom stereocenters. The smallest absolute Gasteiger partial charge is 0.335 e. The minimum atomic E-state index is -1.11. The molecule has 0 radical (unpaired) electrons. The van der Waals surface area contributed by atoms with Gasteiger partial charge in [-0.3, -0.25) is 24.8 Å². The van der Waals surface area contributed by atoms with E-state index in [1.807, 2.05) is 6.92 Å². The maximum atomic E-state index is 13.0. The lowest BCUT2D eigenvalue weighted by Gasteiger charge is -2.31. The van der Waals surface area contributed by atoms with E-state index in [1.165, 1.54) is 0 Å². The number of barbiturate groups is 1. The van der Waals surface area contributed by atoms with E-state index in [4.69, 9.17) is 16.3 Å². The van der Waals surface area contributed by atoms with Crippen LogP contribution in [0, 0.1) is 5.92 Å². The fraction of sp³-hybridized carbons (Fsp3) is 0.474. The van der Waals surface area contributed by atoms with Gasteiger partial charge >= 0.3 is 6.03 Å². The number of benzene rings is 1. The molecular weight excluding hydrogens is 384 g/mol. The second kappa shape index (κ2) is 9.27. The number of nitrogens with one attached hydrogen (secondary N) is 1. The van der Waals surface area contributed by atoms with Gasteiger partial charge in [0.15, 0.2) is 5.92 Å². The Bertz CT molecular complexity index is 775. The molecule has 0 bridgehead atoms. The molecule has 28 heavy (non-hydrogen) atoms. The number of hydrogen-bond donors (Lipinski definition) is 1. The first-order valence-electron chi connectivity index (χ1n) is 9.29. The van der Waals surface area contributed by atoms with Crippen LogP contribution in [-0.4, -0.2) is 67.8 Å². The van der Waals surface area contributed by atoms with Crippen molar-refractivity contribution in [2.45, 2.75) is 13.3 Å². The van der Waals surface area contributed by atoms with Crippen LogP contribution in [0.4, 0.5) is 10.5 Å². The summed E-state index contributed by atoms with van der Waals surface area (Å²) in [7, 11) is 0. The van der Waals surface area contributed by atoms with E-state index >= 15 is 0 Å². The van der Waals surface area contributed by atoms with Gasteiger partial charge in [-0.15, -0.1) is 0 Å². The van der Waals surface area contributed by atoms with Gasteiger partial charge in [-0.2, -0.15) is 0 Å². The van der Waals surface area contributed by atoms with E-state index in [2.05, 4.69) is 15.2 Å². The van der Waals surface area contributed by atoms with Crippen LogP contribution in [0.1, 0.15) is 13.3 Å². The maximum Gasteiger partial charge on any atom is 0.335 e. The Kier molecular flexibility index (Phi) is 6.77. The molecule has 1 N–H and O–H groups in total. The molecular formula is C19H23ClN4O4. The molecule has 4 amide bonds. The molecule has 0 spiro atoms. The zero-order valence-electron chi connectivity index (χ0n) is 15.7. The van der Waals surface area contributed by atoms with E-state index in [-0.39, 0.29) is 0 Å². The molecule has 8 nitrogen and oxygen atoms in total. The number of hydrogen-bond acceptors (Lipinski definition) is 6. The molecule has 3 rings (SSSR count). The third kappa shape index (κ3) is 4.57. The predicted octanol–water partition coefficient (Wildman–Crippen LogP) is 1.72. The minimum absolute atomic E-state index is 0.355. The molecule has 2 heterocycles. The zero-order chi connectivity index (χ0) is 20.1. The van der Waals surface area contributed by atoms with E-state index in [0.29, 0.717) is 42.6 Å². The number of amides is 4. The van der Waals surface area contributed by atoms with Crippen LogP contribution in [0.5, 0.6) is 0 Å². The number of ether oxygens (including phenoxy) is 1. The lowest BCUT2D eigenvalue weighted by molar-refractivity contribution is -0.131. The van der Waals surface area contributed by atoms with Gasteiger partial charge in [-0.05, 0) is 30.7 Å². The van der Waals surface area contributed by atoms with E-state index < -0.39 is 23.8 Å². The molecule has 150 valence electrons. The van der Waals surface area contributed by atoms with Crippen LogP contribution < -0.4 is 10.2 Å². The number of halogens is 1. The number of anilines is 1. The van der Waals surface area contributed by atoms with Crippen molar-refractivity contribution in [3.05, 3.63) is 29.3 Å². The molecule has 2 aliphatic rings. The average molecular weight is 407 g/mol. The van der Waals surface area contributed by atoms with Crippen LogP contribution in [0.3, 0.4) is 0 Å². The predicted molar refractivity (Wildman–Crippen MR) is 106 cm³/mol. The molecule has 9 heteroatoms. The standard InChI is InChI=1S/C19H23ClN4O4/c1-2-15(21-7-8-23-9-11-28-12-10-23)16-17(25)22-19(27)24(18(16)26)14-5-3-13(20)4-6-14/h3-6,16H,2,7-12H2,1H3,(H,22,25,27). The van der Waals surface area contributed by atoms with Crippen LogP contribution in [0.2, 0.25) is 5.02 Å². The average Bonchev–Trinajstić information content (AvgIpc) is 2.68. The monoisotopic (exact) mass is 406 g/mol. The summed E-state index contributed by atoms with van der Waals surface area (Å²) in [6.07, 6.45) is 0.440. The van der Waals surface area contributed by atoms with E-state index in [0.717, 1.165) is 24.5 Å². The van der Waals surface area contributed by atoms with Gasteiger partial charge in [0.25, 0.3) is 5.91 Å². The summed E-state index contributed by atoms with van der Waals surface area (Å²) in [5, 5.41) is 2.75. The summed E-state index contributed by atoms with van der Waals surface area (Å²) in [6.45, 7) is 6.15. The highest BCUT2D eigenvalue weighted by molar-refractivity contribution is 6.35. The van der Waals surface area contributed by atoms with Crippen molar-refractivity contribution in [2.24, 2.45) is 10.9 Å². The van der Waals surface area contributed by atoms with Crippen molar-refractivity contribution in [1.82, 2.24) is 10.2 Å². The number of carbonyl (C=O) groups is 3. The van der Waals surface area contributed by atoms with Gasteiger partial charge in [0, 0.05) is 30.4 Å². The third-order valence-electron chi connectivity index (χ3n) is 4.78. The quantitative estimate of drug-likeness (QED) is 0.573. The largest absolute Gasteiger partial charge is 0.379 e. The molecule has 1 aromatic rings. The highest BCUT2D eigenvalue weighted by Gasteiger charge is 2.43. The van der Waals surface area contributed by atoms with Crippen molar-refractivity contribution in [2.75, 3.05) is 44.3 Å². The number of morpholine rings is 1. The van der Waals surface area contributed by atoms with Crippen LogP contribution in [0.25, 0.3) is 0 Å². The second-order valence-corrected chi connectivity index (χ2v) is 6.99. The first kappa shape index (κ1) is 20.4. The number of rotatable bonds is 6. The minimum Gasteiger partial charge on any atom is -0.379 e. The van der Waals surface area contributed by atoms with Crippen molar-refractivity contribution < 1.29 is 19.1 Å². The number of imide groups is 2. The summed E-state index contributed by atoms with van der Waals surface area (Å²) in [5.41, 5.74) is 0.829. The van der Waals surface area contributed by atoms with Crippen molar-refractivity contribution in [1.29, 1.82) is 0 Å². The van der Waals surface area contributed by atoms with Crippen LogP contribution in [-0.2, 0) is 14.3 Å². The van der Waals surface area contributed by atoms with Gasteiger partial charge in [-0.25, -0.2) is 9.69 Å². The molecule has 0 aliphatic carbocycles. The summed E-state index contributed by atoms with van der Waals surface area (Å²) < 4.78 is 5.32. The summed E-state index contributed by atoms with van der Waals surface area (Å²) in [5.74, 6) is -2.33. The number of carbonyl (C=O) groups excluding carboxylic acids is 3. The highest BCUT2D eigenvalue weighted by Crippen LogP contribution is 2.24. The van der Waals surface area contributed by atoms with Gasteiger partial charge in [0.2, 0.25) is 5.91 Å². The first-order chi connectivity index (χ1) is 13.5. The summed E-state index contributed by atoms with van der Waals surface area (Å²) in [6, 6.07) is 5.53. The number of nitrogens with zero attached hydrogens (tertiary/aromatic N) is 3. The number of urea groups is 1. The Balaban J connectivity index is 1.76. The molecule has 2 fully saturated rings. The zero-order valence-corrected chi connectivity index (χ0v) is 16.4. The normalized spacial score (nSPS) is 21.8. The molecule has 2 aliphatic heterocycles. The molecule has 1 atom stereocenters. The second-order valence-electron chi connectivity index (χ2n) is 6.56. The fourth-order valence-electron chi connectivity index (χ4n) is 3.27. The highest BCUT2D eigenvalue weighted by atomic mass is 35.5. The van der Waals surface area contributed by atoms with E-state index in [1.54, 1.807) is 24.3 Å². The third-order valence-corrected chi connectivity index (χ3v) is 5.03. The first-order valence-corrected chi connectivity index (χ1v) is 9.66. The van der Waals surface area contributed by atoms with Gasteiger partial charge in [0.1, 0.15) is 0 Å². The molecule has 2 saturated heterocycles. The summed E-state index contributed by atoms with van der Waals surface area (Å²) >= 11 is 5.88. The van der Waals surface area contributed by atoms with Crippen molar-refractivity contribution in [3.63, 3.8) is 0 Å². The summed E-state index contributed by atoms with van der Waals surface area (Å²) in [4.78, 5) is 45.4. The Hall–Kier alpha value is -2.29. The van der Waals surface area contributed by atoms with Crippen molar-refractivity contribution in [3.8, 4) is 0 Å². The lowest BCUT2D eigenvalue weighted by atomic mass is 9.96. The van der Waals surface area contributed by atoms with Gasteiger partial charge < -0.3 is 4.74 Å². The van der Waals surface area contributed by atoms with Gasteiger partial charge in [-0.1, -0.05) is 18.5 Å². The van der Waals surface area contributed by atoms with Gasteiger partial charge in [0.05, 0.1) is 25.4 Å². The topological polar surface area (TPSA) is 91.3 Å². The number of aliphatic imine (C=N–C) groups is 1. The molecule has 0 aromatic heterocycles. The van der Waals surface area contributed by atoms with Crippen LogP contribution >= 0.6 is 11.6 Å². The Morgan fingerprint density at radius 3 is 2.54 bits per heavy atom. The fourth-order valence-corrected chi connectivity index (χ4v) is 3.40. The Morgan fingerprint density at radius 1 is 1.21 bits per heavy atom.